The third-order valence-electron chi connectivity index (χ3n) is 4.28. The lowest BCUT2D eigenvalue weighted by Gasteiger charge is -2.34. The van der Waals surface area contributed by atoms with Crippen molar-refractivity contribution in [3.63, 3.8) is 0 Å². The minimum atomic E-state index is -0.269. The Bertz CT molecular complexity index is 891. The minimum Gasteiger partial charge on any atom is -0.375 e. The van der Waals surface area contributed by atoms with E-state index < -0.39 is 0 Å². The summed E-state index contributed by atoms with van der Waals surface area (Å²) in [5.74, 6) is 0.748. The maximum absolute atomic E-state index is 11.5. The number of aromatic nitrogens is 4. The molecule has 4 rings (SSSR count). The van der Waals surface area contributed by atoms with E-state index in [0.29, 0.717) is 24.4 Å². The zero-order valence-electron chi connectivity index (χ0n) is 13.7. The number of nitrogens with one attached hydrogen (secondary N) is 3. The second-order valence-electron chi connectivity index (χ2n) is 6.10. The number of ether oxygens (including phenoxy) is 1. The smallest absolute Gasteiger partial charge is 0.325 e. The SMILES string of the molecule is O=c1[nH]c2ncnc(N3CCN[C@H](COCc4ccccc4)C3)c2[nH]1. The average molecular weight is 340 g/mol. The zero-order chi connectivity index (χ0) is 17.1. The number of piperazine rings is 1. The highest BCUT2D eigenvalue weighted by Crippen LogP contribution is 2.19. The van der Waals surface area contributed by atoms with E-state index in [4.69, 9.17) is 4.74 Å². The van der Waals surface area contributed by atoms with E-state index in [-0.39, 0.29) is 11.7 Å². The van der Waals surface area contributed by atoms with Crippen LogP contribution < -0.4 is 15.9 Å². The number of benzene rings is 1. The molecule has 1 aliphatic heterocycles. The van der Waals surface area contributed by atoms with Gasteiger partial charge in [0, 0.05) is 25.7 Å². The van der Waals surface area contributed by atoms with Gasteiger partial charge in [-0.05, 0) is 5.56 Å². The maximum atomic E-state index is 11.5. The molecule has 0 spiro atoms. The van der Waals surface area contributed by atoms with Crippen LogP contribution >= 0.6 is 0 Å². The van der Waals surface area contributed by atoms with E-state index in [1.54, 1.807) is 0 Å². The van der Waals surface area contributed by atoms with Gasteiger partial charge in [-0.15, -0.1) is 0 Å². The minimum absolute atomic E-state index is 0.202. The number of aromatic amines is 2. The average Bonchev–Trinajstić information content (AvgIpc) is 3.03. The summed E-state index contributed by atoms with van der Waals surface area (Å²) in [7, 11) is 0. The summed E-state index contributed by atoms with van der Waals surface area (Å²) in [5.41, 5.74) is 2.08. The van der Waals surface area contributed by atoms with Gasteiger partial charge in [-0.2, -0.15) is 0 Å². The lowest BCUT2D eigenvalue weighted by Crippen LogP contribution is -2.53. The lowest BCUT2D eigenvalue weighted by atomic mass is 10.2. The molecule has 1 atom stereocenters. The van der Waals surface area contributed by atoms with Crippen molar-refractivity contribution in [3.05, 3.63) is 52.7 Å². The Labute approximate surface area is 144 Å². The van der Waals surface area contributed by atoms with Crippen molar-refractivity contribution in [2.45, 2.75) is 12.6 Å². The maximum Gasteiger partial charge on any atom is 0.325 e. The third-order valence-corrected chi connectivity index (χ3v) is 4.28. The predicted molar refractivity (Wildman–Crippen MR) is 94.6 cm³/mol. The molecular weight excluding hydrogens is 320 g/mol. The van der Waals surface area contributed by atoms with Crippen LogP contribution in [0.5, 0.6) is 0 Å². The summed E-state index contributed by atoms with van der Waals surface area (Å²) in [6.07, 6.45) is 1.48. The number of fused-ring (bicyclic) bond motifs is 1. The Kier molecular flexibility index (Phi) is 4.45. The van der Waals surface area contributed by atoms with E-state index in [1.165, 1.54) is 6.33 Å². The molecule has 1 saturated heterocycles. The van der Waals surface area contributed by atoms with Crippen molar-refractivity contribution in [1.29, 1.82) is 0 Å². The molecule has 8 nitrogen and oxygen atoms in total. The number of anilines is 1. The summed E-state index contributed by atoms with van der Waals surface area (Å²) in [4.78, 5) is 27.6. The molecule has 1 aromatic carbocycles. The molecule has 1 fully saturated rings. The van der Waals surface area contributed by atoms with E-state index in [1.807, 2.05) is 18.2 Å². The van der Waals surface area contributed by atoms with Crippen molar-refractivity contribution < 1.29 is 4.74 Å². The van der Waals surface area contributed by atoms with Crippen molar-refractivity contribution in [3.8, 4) is 0 Å². The summed E-state index contributed by atoms with van der Waals surface area (Å²) in [6, 6.07) is 10.3. The molecule has 0 saturated carbocycles. The number of hydrogen-bond donors (Lipinski definition) is 3. The Hall–Kier alpha value is -2.71. The molecule has 0 bridgehead atoms. The molecule has 8 heteroatoms. The molecule has 25 heavy (non-hydrogen) atoms. The van der Waals surface area contributed by atoms with Crippen LogP contribution in [0.25, 0.3) is 11.2 Å². The predicted octanol–water partition coefficient (Wildman–Crippen LogP) is 0.641. The van der Waals surface area contributed by atoms with Gasteiger partial charge in [-0.25, -0.2) is 14.8 Å². The largest absolute Gasteiger partial charge is 0.375 e. The summed E-state index contributed by atoms with van der Waals surface area (Å²) in [5, 5.41) is 3.47. The molecule has 0 amide bonds. The third kappa shape index (κ3) is 3.54. The second kappa shape index (κ2) is 7.04. The van der Waals surface area contributed by atoms with Gasteiger partial charge in [0.1, 0.15) is 11.8 Å². The first-order chi connectivity index (χ1) is 12.3. The molecule has 0 unspecified atom stereocenters. The first-order valence-electron chi connectivity index (χ1n) is 8.32. The van der Waals surface area contributed by atoms with Crippen molar-refractivity contribution in [2.24, 2.45) is 0 Å². The molecule has 2 aromatic heterocycles. The first kappa shape index (κ1) is 15.8. The fourth-order valence-corrected chi connectivity index (χ4v) is 3.10. The fraction of sp³-hybridized carbons (Fsp3) is 0.353. The standard InChI is InChI=1S/C17H20N6O2/c24-17-21-14-15(22-17)19-11-20-16(14)23-7-6-18-13(8-23)10-25-9-12-4-2-1-3-5-12/h1-5,11,13,18H,6-10H2,(H2,19,20,21,22,24)/t13-/m0/s1. The van der Waals surface area contributed by atoms with Crippen LogP contribution in [0.4, 0.5) is 5.82 Å². The van der Waals surface area contributed by atoms with Crippen LogP contribution in [0.2, 0.25) is 0 Å². The van der Waals surface area contributed by atoms with E-state index in [0.717, 1.165) is 31.0 Å². The highest BCUT2D eigenvalue weighted by Gasteiger charge is 2.23. The molecule has 3 aromatic rings. The highest BCUT2D eigenvalue weighted by atomic mass is 16.5. The van der Waals surface area contributed by atoms with Gasteiger partial charge >= 0.3 is 5.69 Å². The van der Waals surface area contributed by atoms with E-state index in [9.17, 15) is 4.79 Å². The molecule has 130 valence electrons. The van der Waals surface area contributed by atoms with Gasteiger partial charge in [-0.3, -0.25) is 4.98 Å². The van der Waals surface area contributed by atoms with Crippen LogP contribution in [0.1, 0.15) is 5.56 Å². The Morgan fingerprint density at radius 3 is 2.96 bits per heavy atom. The number of rotatable bonds is 5. The van der Waals surface area contributed by atoms with E-state index >= 15 is 0 Å². The van der Waals surface area contributed by atoms with Crippen LogP contribution in [-0.4, -0.2) is 52.2 Å². The highest BCUT2D eigenvalue weighted by molar-refractivity contribution is 5.82. The van der Waals surface area contributed by atoms with Crippen molar-refractivity contribution >= 4 is 17.0 Å². The van der Waals surface area contributed by atoms with E-state index in [2.05, 4.69) is 42.3 Å². The van der Waals surface area contributed by atoms with Crippen LogP contribution in [0.3, 0.4) is 0 Å². The molecule has 3 heterocycles. The topological polar surface area (TPSA) is 98.9 Å². The number of H-pyrrole nitrogens is 2. The second-order valence-corrected chi connectivity index (χ2v) is 6.10. The Morgan fingerprint density at radius 1 is 1.20 bits per heavy atom. The molecule has 0 aliphatic carbocycles. The van der Waals surface area contributed by atoms with Gasteiger partial charge in [0.15, 0.2) is 11.5 Å². The van der Waals surface area contributed by atoms with Crippen LogP contribution in [0.15, 0.2) is 41.5 Å². The number of nitrogens with zero attached hydrogens (tertiary/aromatic N) is 3. The first-order valence-corrected chi connectivity index (χ1v) is 8.32. The summed E-state index contributed by atoms with van der Waals surface area (Å²) in [6.45, 7) is 3.62. The molecular formula is C17H20N6O2. The Balaban J connectivity index is 1.41. The summed E-state index contributed by atoms with van der Waals surface area (Å²) >= 11 is 0. The monoisotopic (exact) mass is 340 g/mol. The normalized spacial score (nSPS) is 17.9. The van der Waals surface area contributed by atoms with Gasteiger partial charge in [0.2, 0.25) is 0 Å². The zero-order valence-corrected chi connectivity index (χ0v) is 13.7. The fourth-order valence-electron chi connectivity index (χ4n) is 3.10. The van der Waals surface area contributed by atoms with Crippen LogP contribution in [-0.2, 0) is 11.3 Å². The molecule has 3 N–H and O–H groups in total. The van der Waals surface area contributed by atoms with Gasteiger partial charge in [0.05, 0.1) is 13.2 Å². The van der Waals surface area contributed by atoms with Crippen LogP contribution in [0, 0.1) is 0 Å². The lowest BCUT2D eigenvalue weighted by molar-refractivity contribution is 0.0971. The number of hydrogen-bond acceptors (Lipinski definition) is 6. The summed E-state index contributed by atoms with van der Waals surface area (Å²) < 4.78 is 5.85. The quantitative estimate of drug-likeness (QED) is 0.630. The van der Waals surface area contributed by atoms with Crippen molar-refractivity contribution in [2.75, 3.05) is 31.1 Å². The Morgan fingerprint density at radius 2 is 2.08 bits per heavy atom. The molecule has 0 radical (unpaired) electrons. The molecule has 1 aliphatic rings. The van der Waals surface area contributed by atoms with Crippen molar-refractivity contribution in [1.82, 2.24) is 25.3 Å². The van der Waals surface area contributed by atoms with Gasteiger partial charge < -0.3 is 19.9 Å². The number of imidazole rings is 1. The van der Waals surface area contributed by atoms with Gasteiger partial charge in [0.25, 0.3) is 0 Å². The van der Waals surface area contributed by atoms with Gasteiger partial charge in [-0.1, -0.05) is 30.3 Å².